The van der Waals surface area contributed by atoms with Crippen molar-refractivity contribution < 1.29 is 9.59 Å². The first-order valence-electron chi connectivity index (χ1n) is 10.6. The lowest BCUT2D eigenvalue weighted by atomic mass is 9.76. The fourth-order valence-corrected chi connectivity index (χ4v) is 3.50. The van der Waals surface area contributed by atoms with E-state index in [4.69, 9.17) is 5.73 Å². The fourth-order valence-electron chi connectivity index (χ4n) is 3.50. The summed E-state index contributed by atoms with van der Waals surface area (Å²) < 4.78 is 0. The molecule has 0 radical (unpaired) electrons. The van der Waals surface area contributed by atoms with Gasteiger partial charge in [-0.1, -0.05) is 56.3 Å². The van der Waals surface area contributed by atoms with Crippen LogP contribution >= 0.6 is 0 Å². The van der Waals surface area contributed by atoms with Crippen LogP contribution < -0.4 is 21.7 Å². The van der Waals surface area contributed by atoms with Gasteiger partial charge in [-0.15, -0.1) is 0 Å². The zero-order valence-corrected chi connectivity index (χ0v) is 18.6. The van der Waals surface area contributed by atoms with E-state index in [0.29, 0.717) is 12.1 Å². The van der Waals surface area contributed by atoms with Crippen LogP contribution in [0.1, 0.15) is 48.2 Å². The van der Waals surface area contributed by atoms with Gasteiger partial charge in [0.25, 0.3) is 5.91 Å². The molecule has 0 atom stereocenters. The molecule has 2 aromatic rings. The van der Waals surface area contributed by atoms with Crippen molar-refractivity contribution >= 4 is 17.8 Å². The minimum Gasteiger partial charge on any atom is -0.368 e. The van der Waals surface area contributed by atoms with Gasteiger partial charge in [-0.3, -0.25) is 14.6 Å². The number of nitrogens with one attached hydrogen (secondary N) is 3. The number of aliphatic imine (C=N–C) groups is 1. The molecule has 7 nitrogen and oxygen atoms in total. The first-order chi connectivity index (χ1) is 14.9. The number of rotatable bonds is 10. The van der Waals surface area contributed by atoms with Crippen molar-refractivity contribution in [3.05, 3.63) is 71.3 Å². The van der Waals surface area contributed by atoms with Crippen molar-refractivity contribution in [2.45, 2.75) is 38.6 Å². The molecule has 0 saturated heterocycles. The van der Waals surface area contributed by atoms with Gasteiger partial charge in [-0.05, 0) is 36.1 Å². The topological polar surface area (TPSA) is 109 Å². The molecular formula is C24H33N5O2. The lowest BCUT2D eigenvalue weighted by molar-refractivity contribution is -0.117. The monoisotopic (exact) mass is 423 g/mol. The van der Waals surface area contributed by atoms with Gasteiger partial charge in [-0.25, -0.2) is 0 Å². The van der Waals surface area contributed by atoms with E-state index in [-0.39, 0.29) is 17.9 Å². The van der Waals surface area contributed by atoms with E-state index in [1.165, 1.54) is 5.56 Å². The number of carbonyl (C=O) groups is 2. The summed E-state index contributed by atoms with van der Waals surface area (Å²) in [7, 11) is 1.75. The fraction of sp³-hybridized carbons (Fsp3) is 0.375. The van der Waals surface area contributed by atoms with Gasteiger partial charge >= 0.3 is 0 Å². The maximum atomic E-state index is 12.0. The van der Waals surface area contributed by atoms with Gasteiger partial charge in [-0.2, -0.15) is 0 Å². The molecule has 2 rings (SSSR count). The smallest absolute Gasteiger partial charge is 0.251 e. The van der Waals surface area contributed by atoms with Crippen LogP contribution in [0.25, 0.3) is 0 Å². The second-order valence-electron chi connectivity index (χ2n) is 7.48. The van der Waals surface area contributed by atoms with Crippen LogP contribution in [0.3, 0.4) is 0 Å². The molecule has 0 unspecified atom stereocenters. The summed E-state index contributed by atoms with van der Waals surface area (Å²) in [5.41, 5.74) is 7.90. The van der Waals surface area contributed by atoms with Gasteiger partial charge in [0.05, 0.1) is 6.54 Å². The van der Waals surface area contributed by atoms with Gasteiger partial charge in [0.2, 0.25) is 5.91 Å². The van der Waals surface area contributed by atoms with Crippen LogP contribution in [0.15, 0.2) is 59.6 Å². The Morgan fingerprint density at radius 3 is 2.13 bits per heavy atom. The molecule has 31 heavy (non-hydrogen) atoms. The predicted molar refractivity (Wildman–Crippen MR) is 125 cm³/mol. The van der Waals surface area contributed by atoms with Crippen LogP contribution in [-0.4, -0.2) is 37.9 Å². The average molecular weight is 424 g/mol. The summed E-state index contributed by atoms with van der Waals surface area (Å²) in [4.78, 5) is 27.1. The van der Waals surface area contributed by atoms with Gasteiger partial charge in [0.15, 0.2) is 5.96 Å². The largest absolute Gasteiger partial charge is 0.368 e. The van der Waals surface area contributed by atoms with E-state index in [9.17, 15) is 9.59 Å². The molecule has 0 heterocycles. The molecule has 0 aliphatic heterocycles. The summed E-state index contributed by atoms with van der Waals surface area (Å²) in [6.07, 6.45) is 2.05. The summed E-state index contributed by atoms with van der Waals surface area (Å²) in [6, 6.07) is 17.8. The Morgan fingerprint density at radius 2 is 1.58 bits per heavy atom. The van der Waals surface area contributed by atoms with Crippen molar-refractivity contribution in [1.29, 1.82) is 0 Å². The Kier molecular flexibility index (Phi) is 9.06. The molecule has 0 spiro atoms. The summed E-state index contributed by atoms with van der Waals surface area (Å²) >= 11 is 0. The highest BCUT2D eigenvalue weighted by Crippen LogP contribution is 2.30. The summed E-state index contributed by atoms with van der Waals surface area (Å²) in [6.45, 7) is 5.61. The second-order valence-corrected chi connectivity index (χ2v) is 7.48. The molecule has 0 saturated carbocycles. The van der Waals surface area contributed by atoms with E-state index < -0.39 is 5.91 Å². The number of guanidine groups is 1. The normalized spacial score (nSPS) is 11.6. The van der Waals surface area contributed by atoms with Gasteiger partial charge in [0.1, 0.15) is 0 Å². The van der Waals surface area contributed by atoms with Gasteiger partial charge < -0.3 is 21.7 Å². The van der Waals surface area contributed by atoms with E-state index >= 15 is 0 Å². The molecule has 0 fully saturated rings. The lowest BCUT2D eigenvalue weighted by Gasteiger charge is -2.33. The van der Waals surface area contributed by atoms with E-state index in [2.05, 4.69) is 59.1 Å². The number of nitrogens with zero attached hydrogens (tertiary/aromatic N) is 1. The highest BCUT2D eigenvalue weighted by atomic mass is 16.2. The first kappa shape index (κ1) is 23.9. The van der Waals surface area contributed by atoms with Gasteiger partial charge in [0, 0.05) is 31.1 Å². The van der Waals surface area contributed by atoms with Crippen molar-refractivity contribution in [1.82, 2.24) is 16.0 Å². The molecule has 0 aromatic heterocycles. The van der Waals surface area contributed by atoms with Crippen molar-refractivity contribution in [2.24, 2.45) is 10.7 Å². The van der Waals surface area contributed by atoms with Crippen molar-refractivity contribution in [3.63, 3.8) is 0 Å². The van der Waals surface area contributed by atoms with Crippen LogP contribution in [-0.2, 0) is 16.8 Å². The zero-order chi connectivity index (χ0) is 22.7. The van der Waals surface area contributed by atoms with Crippen LogP contribution in [0, 0.1) is 0 Å². The third-order valence-corrected chi connectivity index (χ3v) is 5.66. The van der Waals surface area contributed by atoms with Crippen LogP contribution in [0.2, 0.25) is 0 Å². The summed E-state index contributed by atoms with van der Waals surface area (Å²) in [5.74, 6) is -0.173. The lowest BCUT2D eigenvalue weighted by Crippen LogP contribution is -2.45. The molecule has 166 valence electrons. The molecular weight excluding hydrogens is 390 g/mol. The Morgan fingerprint density at radius 1 is 0.935 bits per heavy atom. The quantitative estimate of drug-likeness (QED) is 0.347. The number of primary amides is 1. The number of nitrogens with two attached hydrogens (primary N) is 1. The van der Waals surface area contributed by atoms with E-state index in [0.717, 1.165) is 30.9 Å². The Balaban J connectivity index is 1.93. The minimum atomic E-state index is -0.574. The highest BCUT2D eigenvalue weighted by Gasteiger charge is 2.28. The molecule has 7 heteroatoms. The molecule has 0 bridgehead atoms. The first-order valence-corrected chi connectivity index (χ1v) is 10.6. The van der Waals surface area contributed by atoms with Crippen molar-refractivity contribution in [3.8, 4) is 0 Å². The number of benzene rings is 2. The summed E-state index contributed by atoms with van der Waals surface area (Å²) in [5, 5.41) is 9.27. The third-order valence-electron chi connectivity index (χ3n) is 5.66. The number of hydrogen-bond acceptors (Lipinski definition) is 3. The van der Waals surface area contributed by atoms with E-state index in [1.54, 1.807) is 19.2 Å². The highest BCUT2D eigenvalue weighted by molar-refractivity contribution is 5.96. The molecule has 0 aliphatic rings. The molecule has 2 amide bonds. The number of carbonyl (C=O) groups excluding carboxylic acids is 2. The Bertz CT molecular complexity index is 875. The average Bonchev–Trinajstić information content (AvgIpc) is 2.81. The minimum absolute atomic E-state index is 0.0405. The maximum absolute atomic E-state index is 12.0. The Labute approximate surface area is 184 Å². The number of amides is 2. The third kappa shape index (κ3) is 6.84. The zero-order valence-electron chi connectivity index (χ0n) is 18.6. The van der Waals surface area contributed by atoms with Crippen LogP contribution in [0.4, 0.5) is 0 Å². The second kappa shape index (κ2) is 11.7. The number of hydrogen-bond donors (Lipinski definition) is 4. The molecule has 5 N–H and O–H groups in total. The molecule has 2 aromatic carbocycles. The van der Waals surface area contributed by atoms with Crippen LogP contribution in [0.5, 0.6) is 0 Å². The Hall–Kier alpha value is -3.35. The molecule has 0 aliphatic carbocycles. The van der Waals surface area contributed by atoms with Crippen molar-refractivity contribution in [2.75, 3.05) is 20.1 Å². The van der Waals surface area contributed by atoms with E-state index in [1.807, 2.05) is 18.2 Å². The predicted octanol–water partition coefficient (Wildman–Crippen LogP) is 2.32. The SMILES string of the molecule is CCC(CC)(CNC(=NC)NCc1ccc(C(=O)NCC(N)=O)cc1)c1ccccc1. The maximum Gasteiger partial charge on any atom is 0.251 e. The standard InChI is InChI=1S/C24H33N5O2/c1-4-24(5-2,20-9-7-6-8-10-20)17-29-23(26-3)28-15-18-11-13-19(14-12-18)22(31)27-16-21(25)30/h6-14H,4-5,15-17H2,1-3H3,(H2,25,30)(H,27,31)(H2,26,28,29).